The van der Waals surface area contributed by atoms with E-state index in [2.05, 4.69) is 60.8 Å². The second-order valence-electron chi connectivity index (χ2n) is 6.23. The number of piperazine rings is 1. The van der Waals surface area contributed by atoms with Crippen LogP contribution in [-0.4, -0.2) is 50.1 Å². The van der Waals surface area contributed by atoms with Gasteiger partial charge in [0.1, 0.15) is 18.0 Å². The standard InChI is InChI=1S/C17H22N6S/c1-3-21-6-5-18-15(21)11-22-7-8-23(10-13(22)2)17-16-14(4-9-24-16)19-12-20-17/h4-6,9,12-13H,3,7-8,10-11H2,1-2H3/t13-/m1/s1. The monoisotopic (exact) mass is 342 g/mol. The van der Waals surface area contributed by atoms with E-state index in [1.165, 1.54) is 4.70 Å². The summed E-state index contributed by atoms with van der Waals surface area (Å²) in [7, 11) is 0. The molecule has 1 aliphatic rings. The highest BCUT2D eigenvalue weighted by molar-refractivity contribution is 7.17. The Bertz CT molecular complexity index is 825. The zero-order valence-electron chi connectivity index (χ0n) is 14.1. The van der Waals surface area contributed by atoms with Crippen LogP contribution in [0.1, 0.15) is 19.7 Å². The van der Waals surface area contributed by atoms with Gasteiger partial charge in [-0.05, 0) is 25.3 Å². The molecule has 1 aliphatic heterocycles. The quantitative estimate of drug-likeness (QED) is 0.729. The number of hydrogen-bond donors (Lipinski definition) is 0. The van der Waals surface area contributed by atoms with E-state index in [0.717, 1.165) is 49.9 Å². The first-order valence-corrected chi connectivity index (χ1v) is 9.31. The normalized spacial score (nSPS) is 19.2. The van der Waals surface area contributed by atoms with Gasteiger partial charge >= 0.3 is 0 Å². The van der Waals surface area contributed by atoms with E-state index >= 15 is 0 Å². The average molecular weight is 342 g/mol. The van der Waals surface area contributed by atoms with E-state index in [-0.39, 0.29) is 0 Å². The van der Waals surface area contributed by atoms with Crippen molar-refractivity contribution in [3.8, 4) is 0 Å². The van der Waals surface area contributed by atoms with Crippen LogP contribution in [-0.2, 0) is 13.1 Å². The van der Waals surface area contributed by atoms with Crippen molar-refractivity contribution in [2.75, 3.05) is 24.5 Å². The van der Waals surface area contributed by atoms with Gasteiger partial charge in [-0.2, -0.15) is 0 Å². The molecule has 0 saturated carbocycles. The van der Waals surface area contributed by atoms with Gasteiger partial charge in [0, 0.05) is 44.6 Å². The summed E-state index contributed by atoms with van der Waals surface area (Å²) in [6, 6.07) is 2.53. The molecule has 0 bridgehead atoms. The molecular weight excluding hydrogens is 320 g/mol. The molecule has 0 aliphatic carbocycles. The number of fused-ring (bicyclic) bond motifs is 1. The summed E-state index contributed by atoms with van der Waals surface area (Å²) in [6.45, 7) is 9.33. The first-order chi connectivity index (χ1) is 11.8. The summed E-state index contributed by atoms with van der Waals surface area (Å²) in [5.74, 6) is 2.23. The highest BCUT2D eigenvalue weighted by Crippen LogP contribution is 2.29. The molecule has 1 atom stereocenters. The Morgan fingerprint density at radius 2 is 2.17 bits per heavy atom. The molecule has 24 heavy (non-hydrogen) atoms. The van der Waals surface area contributed by atoms with Crippen molar-refractivity contribution in [2.24, 2.45) is 0 Å². The Kier molecular flexibility index (Phi) is 4.20. The lowest BCUT2D eigenvalue weighted by molar-refractivity contribution is 0.174. The van der Waals surface area contributed by atoms with Gasteiger partial charge in [0.25, 0.3) is 0 Å². The predicted molar refractivity (Wildman–Crippen MR) is 97.4 cm³/mol. The smallest absolute Gasteiger partial charge is 0.150 e. The molecule has 3 aromatic rings. The van der Waals surface area contributed by atoms with Crippen LogP contribution in [0.25, 0.3) is 10.2 Å². The lowest BCUT2D eigenvalue weighted by Gasteiger charge is -2.40. The minimum atomic E-state index is 0.464. The van der Waals surface area contributed by atoms with Gasteiger partial charge in [-0.3, -0.25) is 4.90 Å². The van der Waals surface area contributed by atoms with E-state index < -0.39 is 0 Å². The van der Waals surface area contributed by atoms with Crippen molar-refractivity contribution in [1.29, 1.82) is 0 Å². The van der Waals surface area contributed by atoms with Gasteiger partial charge in [-0.1, -0.05) is 0 Å². The molecule has 3 aromatic heterocycles. The first kappa shape index (κ1) is 15.5. The van der Waals surface area contributed by atoms with Crippen molar-refractivity contribution in [3.05, 3.63) is 36.0 Å². The fraction of sp³-hybridized carbons (Fsp3) is 0.471. The molecule has 0 spiro atoms. The molecule has 126 valence electrons. The zero-order chi connectivity index (χ0) is 16.5. The molecule has 1 fully saturated rings. The Hall–Kier alpha value is -1.99. The van der Waals surface area contributed by atoms with Crippen LogP contribution in [0.3, 0.4) is 0 Å². The summed E-state index contributed by atoms with van der Waals surface area (Å²) in [5, 5.41) is 2.09. The average Bonchev–Trinajstić information content (AvgIpc) is 3.24. The van der Waals surface area contributed by atoms with Crippen LogP contribution >= 0.6 is 11.3 Å². The zero-order valence-corrected chi connectivity index (χ0v) is 14.9. The summed E-state index contributed by atoms with van der Waals surface area (Å²) in [5.41, 5.74) is 1.05. The number of rotatable bonds is 4. The molecule has 6 nitrogen and oxygen atoms in total. The van der Waals surface area contributed by atoms with Crippen LogP contribution in [0, 0.1) is 0 Å². The third-order valence-electron chi connectivity index (χ3n) is 4.78. The van der Waals surface area contributed by atoms with Gasteiger partial charge in [0.15, 0.2) is 0 Å². The van der Waals surface area contributed by atoms with Crippen LogP contribution < -0.4 is 4.90 Å². The Morgan fingerprint density at radius 3 is 3.00 bits per heavy atom. The molecule has 0 unspecified atom stereocenters. The summed E-state index contributed by atoms with van der Waals surface area (Å²) < 4.78 is 3.42. The molecule has 4 heterocycles. The second-order valence-corrected chi connectivity index (χ2v) is 7.14. The number of thiophene rings is 1. The fourth-order valence-electron chi connectivity index (χ4n) is 3.38. The number of anilines is 1. The van der Waals surface area contributed by atoms with Crippen molar-refractivity contribution >= 4 is 27.4 Å². The summed E-state index contributed by atoms with van der Waals surface area (Å²) in [6.07, 6.45) is 5.64. The minimum absolute atomic E-state index is 0.464. The van der Waals surface area contributed by atoms with Crippen LogP contribution in [0.5, 0.6) is 0 Å². The minimum Gasteiger partial charge on any atom is -0.352 e. The van der Waals surface area contributed by atoms with Crippen LogP contribution in [0.4, 0.5) is 5.82 Å². The fourth-order valence-corrected chi connectivity index (χ4v) is 4.25. The van der Waals surface area contributed by atoms with Gasteiger partial charge < -0.3 is 9.47 Å². The summed E-state index contributed by atoms with van der Waals surface area (Å²) in [4.78, 5) is 18.3. The Balaban J connectivity index is 1.49. The highest BCUT2D eigenvalue weighted by atomic mass is 32.1. The number of aryl methyl sites for hydroxylation is 1. The van der Waals surface area contributed by atoms with Crippen molar-refractivity contribution in [1.82, 2.24) is 24.4 Å². The second kappa shape index (κ2) is 6.49. The number of nitrogens with zero attached hydrogens (tertiary/aromatic N) is 6. The maximum atomic E-state index is 4.56. The third kappa shape index (κ3) is 2.78. The SMILES string of the molecule is CCn1ccnc1CN1CCN(c2ncnc3ccsc23)C[C@H]1C. The van der Waals surface area contributed by atoms with Gasteiger partial charge in [-0.25, -0.2) is 15.0 Å². The molecule has 0 N–H and O–H groups in total. The molecule has 7 heteroatoms. The van der Waals surface area contributed by atoms with Crippen molar-refractivity contribution in [3.63, 3.8) is 0 Å². The molecule has 4 rings (SSSR count). The van der Waals surface area contributed by atoms with E-state index in [0.29, 0.717) is 6.04 Å². The van der Waals surface area contributed by atoms with E-state index in [1.54, 1.807) is 17.7 Å². The lowest BCUT2D eigenvalue weighted by Crippen LogP contribution is -2.52. The maximum absolute atomic E-state index is 4.56. The first-order valence-electron chi connectivity index (χ1n) is 8.43. The molecule has 0 aromatic carbocycles. The lowest BCUT2D eigenvalue weighted by atomic mass is 10.2. The maximum Gasteiger partial charge on any atom is 0.150 e. The molecular formula is C17H22N6S. The number of hydrogen-bond acceptors (Lipinski definition) is 6. The van der Waals surface area contributed by atoms with Crippen molar-refractivity contribution in [2.45, 2.75) is 33.0 Å². The van der Waals surface area contributed by atoms with E-state index in [9.17, 15) is 0 Å². The highest BCUT2D eigenvalue weighted by Gasteiger charge is 2.26. The van der Waals surface area contributed by atoms with E-state index in [1.807, 2.05) is 6.20 Å². The third-order valence-corrected chi connectivity index (χ3v) is 5.68. The molecule has 0 radical (unpaired) electrons. The number of imidazole rings is 1. The predicted octanol–water partition coefficient (Wildman–Crippen LogP) is 2.62. The molecule has 1 saturated heterocycles. The van der Waals surface area contributed by atoms with Crippen molar-refractivity contribution < 1.29 is 0 Å². The van der Waals surface area contributed by atoms with Crippen LogP contribution in [0.2, 0.25) is 0 Å². The van der Waals surface area contributed by atoms with E-state index in [4.69, 9.17) is 0 Å². The van der Waals surface area contributed by atoms with Gasteiger partial charge in [0.05, 0.1) is 16.8 Å². The van der Waals surface area contributed by atoms with Gasteiger partial charge in [0.2, 0.25) is 0 Å². The largest absolute Gasteiger partial charge is 0.352 e. The van der Waals surface area contributed by atoms with Gasteiger partial charge in [-0.15, -0.1) is 11.3 Å². The Morgan fingerprint density at radius 1 is 1.25 bits per heavy atom. The summed E-state index contributed by atoms with van der Waals surface area (Å²) >= 11 is 1.72. The Labute approximate surface area is 145 Å². The topological polar surface area (TPSA) is 50.1 Å². The van der Waals surface area contributed by atoms with Crippen LogP contribution in [0.15, 0.2) is 30.2 Å². The molecule has 0 amide bonds. The number of aromatic nitrogens is 4.